The fraction of sp³-hybridized carbons (Fsp3) is 0.600. The Balaban J connectivity index is 2.21. The first-order chi connectivity index (χ1) is 6.84. The summed E-state index contributed by atoms with van der Waals surface area (Å²) < 4.78 is 0. The smallest absolute Gasteiger partial charge is 0.161 e. The van der Waals surface area contributed by atoms with E-state index in [2.05, 4.69) is 16.9 Å². The average molecular weight is 231 g/mol. The molecule has 1 heterocycles. The van der Waals surface area contributed by atoms with Crippen LogP contribution in [0.15, 0.2) is 17.4 Å². The fourth-order valence-electron chi connectivity index (χ4n) is 1.10. The zero-order valence-corrected chi connectivity index (χ0v) is 9.94. The minimum absolute atomic E-state index is 0.521. The van der Waals surface area contributed by atoms with E-state index in [-0.39, 0.29) is 0 Å². The number of rotatable bonds is 6. The lowest BCUT2D eigenvalue weighted by molar-refractivity contribution is 0.706. The van der Waals surface area contributed by atoms with E-state index in [9.17, 15) is 0 Å². The van der Waals surface area contributed by atoms with Gasteiger partial charge in [-0.2, -0.15) is 0 Å². The van der Waals surface area contributed by atoms with Crippen molar-refractivity contribution < 1.29 is 0 Å². The predicted molar refractivity (Wildman–Crippen MR) is 61.9 cm³/mol. The lowest BCUT2D eigenvalue weighted by Crippen LogP contribution is -1.87. The van der Waals surface area contributed by atoms with Gasteiger partial charge in [-0.15, -0.1) is 11.8 Å². The maximum atomic E-state index is 5.87. The van der Waals surface area contributed by atoms with Gasteiger partial charge in [-0.1, -0.05) is 37.8 Å². The Morgan fingerprint density at radius 2 is 2.00 bits per heavy atom. The number of hydrogen-bond donors (Lipinski definition) is 0. The molecule has 0 saturated carbocycles. The molecular formula is C10H15ClN2S. The molecule has 1 aromatic heterocycles. The third kappa shape index (κ3) is 4.29. The van der Waals surface area contributed by atoms with Crippen molar-refractivity contribution in [2.45, 2.75) is 37.6 Å². The van der Waals surface area contributed by atoms with Gasteiger partial charge in [-0.3, -0.25) is 0 Å². The number of unbranched alkanes of at least 4 members (excludes halogenated alkanes) is 3. The van der Waals surface area contributed by atoms with Gasteiger partial charge in [0.2, 0.25) is 0 Å². The molecule has 1 aromatic rings. The Labute approximate surface area is 94.5 Å². The quantitative estimate of drug-likeness (QED) is 0.549. The summed E-state index contributed by atoms with van der Waals surface area (Å²) in [5.74, 6) is 1.08. The molecule has 1 rings (SSSR count). The van der Waals surface area contributed by atoms with E-state index < -0.39 is 0 Å². The maximum Gasteiger partial charge on any atom is 0.161 e. The van der Waals surface area contributed by atoms with Crippen LogP contribution in [-0.2, 0) is 0 Å². The molecule has 0 aliphatic carbocycles. The summed E-state index contributed by atoms with van der Waals surface area (Å²) in [4.78, 5) is 8.14. The highest BCUT2D eigenvalue weighted by molar-refractivity contribution is 7.99. The molecule has 4 heteroatoms. The Morgan fingerprint density at radius 3 is 2.71 bits per heavy atom. The first-order valence-corrected chi connectivity index (χ1v) is 6.30. The average Bonchev–Trinajstić information content (AvgIpc) is 2.20. The molecule has 0 aromatic carbocycles. The van der Waals surface area contributed by atoms with Crippen LogP contribution in [0.25, 0.3) is 0 Å². The van der Waals surface area contributed by atoms with E-state index in [4.69, 9.17) is 11.6 Å². The van der Waals surface area contributed by atoms with Crippen molar-refractivity contribution in [3.63, 3.8) is 0 Å². The topological polar surface area (TPSA) is 25.8 Å². The van der Waals surface area contributed by atoms with Gasteiger partial charge in [-0.25, -0.2) is 9.97 Å². The lowest BCUT2D eigenvalue weighted by atomic mass is 10.2. The molecule has 0 aliphatic heterocycles. The van der Waals surface area contributed by atoms with Gasteiger partial charge in [0.15, 0.2) is 5.15 Å². The summed E-state index contributed by atoms with van der Waals surface area (Å²) in [5.41, 5.74) is 0. The Kier molecular flexibility index (Phi) is 5.96. The van der Waals surface area contributed by atoms with E-state index >= 15 is 0 Å². The van der Waals surface area contributed by atoms with Crippen molar-refractivity contribution in [3.05, 3.63) is 17.5 Å². The highest BCUT2D eigenvalue weighted by Crippen LogP contribution is 2.23. The molecule has 0 N–H and O–H groups in total. The van der Waals surface area contributed by atoms with Gasteiger partial charge in [0, 0.05) is 12.4 Å². The summed E-state index contributed by atoms with van der Waals surface area (Å²) in [7, 11) is 0. The van der Waals surface area contributed by atoms with E-state index in [1.165, 1.54) is 25.7 Å². The summed E-state index contributed by atoms with van der Waals surface area (Å²) in [6, 6.07) is 0. The van der Waals surface area contributed by atoms with Gasteiger partial charge in [0.25, 0.3) is 0 Å². The maximum absolute atomic E-state index is 5.87. The molecule has 0 amide bonds. The number of thioether (sulfide) groups is 1. The van der Waals surface area contributed by atoms with Crippen molar-refractivity contribution >= 4 is 23.4 Å². The SMILES string of the molecule is CCCCCCSc1nccnc1Cl. The van der Waals surface area contributed by atoms with Crippen molar-refractivity contribution in [3.8, 4) is 0 Å². The summed E-state index contributed by atoms with van der Waals surface area (Å²) in [5, 5.41) is 1.37. The second-order valence-corrected chi connectivity index (χ2v) is 4.50. The Morgan fingerprint density at radius 1 is 1.21 bits per heavy atom. The van der Waals surface area contributed by atoms with E-state index in [0.29, 0.717) is 5.15 Å². The molecule has 0 radical (unpaired) electrons. The zero-order valence-electron chi connectivity index (χ0n) is 8.37. The number of hydrogen-bond acceptors (Lipinski definition) is 3. The van der Waals surface area contributed by atoms with Crippen molar-refractivity contribution in [1.29, 1.82) is 0 Å². The zero-order chi connectivity index (χ0) is 10.2. The molecule has 0 unspecified atom stereocenters. The van der Waals surface area contributed by atoms with Crippen molar-refractivity contribution in [2.24, 2.45) is 0 Å². The second kappa shape index (κ2) is 7.07. The van der Waals surface area contributed by atoms with Crippen LogP contribution in [0.5, 0.6) is 0 Å². The predicted octanol–water partition coefficient (Wildman–Crippen LogP) is 3.80. The van der Waals surface area contributed by atoms with Gasteiger partial charge in [-0.05, 0) is 12.2 Å². The largest absolute Gasteiger partial charge is 0.245 e. The van der Waals surface area contributed by atoms with E-state index in [0.717, 1.165) is 10.8 Å². The molecule has 0 atom stereocenters. The highest BCUT2D eigenvalue weighted by Gasteiger charge is 2.01. The first kappa shape index (κ1) is 11.8. The van der Waals surface area contributed by atoms with Gasteiger partial charge in [0.05, 0.1) is 0 Å². The normalized spacial score (nSPS) is 10.4. The second-order valence-electron chi connectivity index (χ2n) is 3.06. The molecule has 0 saturated heterocycles. The van der Waals surface area contributed by atoms with Gasteiger partial charge in [0.1, 0.15) is 5.03 Å². The van der Waals surface area contributed by atoms with Crippen LogP contribution in [0.1, 0.15) is 32.6 Å². The molecule has 0 fully saturated rings. The lowest BCUT2D eigenvalue weighted by Gasteiger charge is -2.01. The Bertz CT molecular complexity index is 268. The number of nitrogens with zero attached hydrogens (tertiary/aromatic N) is 2. The minimum Gasteiger partial charge on any atom is -0.245 e. The molecular weight excluding hydrogens is 216 g/mol. The van der Waals surface area contributed by atoms with E-state index in [1.54, 1.807) is 24.2 Å². The number of halogens is 1. The van der Waals surface area contributed by atoms with E-state index in [1.807, 2.05) is 0 Å². The van der Waals surface area contributed by atoms with Crippen molar-refractivity contribution in [1.82, 2.24) is 9.97 Å². The van der Waals surface area contributed by atoms with Crippen LogP contribution < -0.4 is 0 Å². The standard InChI is InChI=1S/C10H15ClN2S/c1-2-3-4-5-8-14-10-9(11)12-6-7-13-10/h6-7H,2-5,8H2,1H3. The third-order valence-corrected chi connectivity index (χ3v) is 3.31. The summed E-state index contributed by atoms with van der Waals surface area (Å²) in [6.07, 6.45) is 8.40. The van der Waals surface area contributed by atoms with Crippen molar-refractivity contribution in [2.75, 3.05) is 5.75 Å². The van der Waals surface area contributed by atoms with Crippen LogP contribution in [0.3, 0.4) is 0 Å². The molecule has 14 heavy (non-hydrogen) atoms. The summed E-state index contributed by atoms with van der Waals surface area (Å²) in [6.45, 7) is 2.21. The van der Waals surface area contributed by atoms with Gasteiger partial charge < -0.3 is 0 Å². The monoisotopic (exact) mass is 230 g/mol. The van der Waals surface area contributed by atoms with Gasteiger partial charge >= 0.3 is 0 Å². The third-order valence-electron chi connectivity index (χ3n) is 1.86. The van der Waals surface area contributed by atoms with Crippen LogP contribution >= 0.6 is 23.4 Å². The number of aromatic nitrogens is 2. The van der Waals surface area contributed by atoms with Crippen LogP contribution in [0, 0.1) is 0 Å². The van der Waals surface area contributed by atoms with Crippen LogP contribution in [0.4, 0.5) is 0 Å². The fourth-order valence-corrected chi connectivity index (χ4v) is 2.22. The highest BCUT2D eigenvalue weighted by atomic mass is 35.5. The molecule has 0 bridgehead atoms. The minimum atomic E-state index is 0.521. The van der Waals surface area contributed by atoms with Crippen LogP contribution in [-0.4, -0.2) is 15.7 Å². The Hall–Kier alpha value is -0.280. The molecule has 0 spiro atoms. The molecule has 78 valence electrons. The first-order valence-electron chi connectivity index (χ1n) is 4.94. The summed E-state index contributed by atoms with van der Waals surface area (Å²) >= 11 is 7.56. The molecule has 2 nitrogen and oxygen atoms in total. The molecule has 0 aliphatic rings. The van der Waals surface area contributed by atoms with Crippen LogP contribution in [0.2, 0.25) is 5.15 Å².